The Bertz CT molecular complexity index is 333. The van der Waals surface area contributed by atoms with E-state index in [1.165, 1.54) is 0 Å². The number of nitrogens with one attached hydrogen (secondary N) is 1. The van der Waals surface area contributed by atoms with Crippen molar-refractivity contribution in [3.8, 4) is 0 Å². The second-order valence-electron chi connectivity index (χ2n) is 5.26. The minimum absolute atomic E-state index is 0.273. The molecule has 4 nitrogen and oxygen atoms in total. The zero-order valence-electron chi connectivity index (χ0n) is 11.8. The van der Waals surface area contributed by atoms with Crippen LogP contribution in [0.15, 0.2) is 4.52 Å². The average Bonchev–Trinajstić information content (AvgIpc) is 2.66. The molecular weight excluding hydrogens is 214 g/mol. The molecule has 0 fully saturated rings. The normalized spacial score (nSPS) is 15.5. The van der Waals surface area contributed by atoms with Gasteiger partial charge in [0.2, 0.25) is 5.89 Å². The van der Waals surface area contributed by atoms with Gasteiger partial charge in [-0.25, -0.2) is 0 Å². The monoisotopic (exact) mass is 239 g/mol. The Morgan fingerprint density at radius 1 is 1.18 bits per heavy atom. The summed E-state index contributed by atoms with van der Waals surface area (Å²) in [6.45, 7) is 13.8. The van der Waals surface area contributed by atoms with Crippen molar-refractivity contribution in [3.63, 3.8) is 0 Å². The molecule has 0 radical (unpaired) electrons. The number of likely N-dealkylation sites (N-methyl/N-ethyl adjacent to an activating group) is 1. The third-order valence-electron chi connectivity index (χ3n) is 3.04. The SMILES string of the molecule is CCNC(C)C(c1nc(C(C)C)no1)C(C)C. The predicted octanol–water partition coefficient (Wildman–Crippen LogP) is 2.93. The van der Waals surface area contributed by atoms with Crippen LogP contribution in [-0.2, 0) is 0 Å². The molecule has 0 bridgehead atoms. The van der Waals surface area contributed by atoms with E-state index in [1.54, 1.807) is 0 Å². The minimum atomic E-state index is 0.273. The minimum Gasteiger partial charge on any atom is -0.339 e. The van der Waals surface area contributed by atoms with E-state index in [-0.39, 0.29) is 5.92 Å². The average molecular weight is 239 g/mol. The summed E-state index contributed by atoms with van der Waals surface area (Å²) in [7, 11) is 0. The molecule has 0 saturated carbocycles. The largest absolute Gasteiger partial charge is 0.339 e. The third-order valence-corrected chi connectivity index (χ3v) is 3.04. The van der Waals surface area contributed by atoms with E-state index in [0.717, 1.165) is 18.3 Å². The molecule has 0 aliphatic carbocycles. The Balaban J connectivity index is 2.89. The van der Waals surface area contributed by atoms with Crippen molar-refractivity contribution in [1.29, 1.82) is 0 Å². The lowest BCUT2D eigenvalue weighted by molar-refractivity contribution is 0.280. The Morgan fingerprint density at radius 2 is 1.82 bits per heavy atom. The number of rotatable bonds is 6. The first-order chi connectivity index (χ1) is 7.97. The van der Waals surface area contributed by atoms with Crippen LogP contribution in [-0.4, -0.2) is 22.7 Å². The van der Waals surface area contributed by atoms with Crippen LogP contribution in [0.5, 0.6) is 0 Å². The molecule has 1 aromatic rings. The molecule has 0 aliphatic rings. The van der Waals surface area contributed by atoms with Gasteiger partial charge in [-0.2, -0.15) is 4.98 Å². The van der Waals surface area contributed by atoms with Crippen LogP contribution in [0.4, 0.5) is 0 Å². The third kappa shape index (κ3) is 3.53. The van der Waals surface area contributed by atoms with Crippen LogP contribution < -0.4 is 5.32 Å². The topological polar surface area (TPSA) is 51.0 Å². The first kappa shape index (κ1) is 14.2. The van der Waals surface area contributed by atoms with Crippen molar-refractivity contribution < 1.29 is 4.52 Å². The van der Waals surface area contributed by atoms with Gasteiger partial charge in [0.25, 0.3) is 0 Å². The highest BCUT2D eigenvalue weighted by atomic mass is 16.5. The summed E-state index contributed by atoms with van der Waals surface area (Å²) in [5, 5.41) is 7.48. The molecule has 0 saturated heterocycles. The number of hydrogen-bond donors (Lipinski definition) is 1. The van der Waals surface area contributed by atoms with Gasteiger partial charge >= 0.3 is 0 Å². The summed E-state index contributed by atoms with van der Waals surface area (Å²) in [6.07, 6.45) is 0. The van der Waals surface area contributed by atoms with Gasteiger partial charge in [0.05, 0.1) is 5.92 Å². The van der Waals surface area contributed by atoms with Crippen molar-refractivity contribution in [3.05, 3.63) is 11.7 Å². The fraction of sp³-hybridized carbons (Fsp3) is 0.846. The zero-order valence-corrected chi connectivity index (χ0v) is 11.8. The van der Waals surface area contributed by atoms with Gasteiger partial charge in [-0.15, -0.1) is 0 Å². The molecule has 98 valence electrons. The summed E-state index contributed by atoms with van der Waals surface area (Å²) in [5.41, 5.74) is 0. The second-order valence-corrected chi connectivity index (χ2v) is 5.26. The molecule has 0 aromatic carbocycles. The molecule has 1 heterocycles. The lowest BCUT2D eigenvalue weighted by atomic mass is 9.89. The van der Waals surface area contributed by atoms with Crippen molar-refractivity contribution in [2.24, 2.45) is 5.92 Å². The summed E-state index contributed by atoms with van der Waals surface area (Å²) < 4.78 is 5.42. The standard InChI is InChI=1S/C13H25N3O/c1-7-14-10(6)11(8(2)3)13-15-12(9(4)5)16-17-13/h8-11,14H,7H2,1-6H3. The lowest BCUT2D eigenvalue weighted by Gasteiger charge is -2.24. The molecule has 2 atom stereocenters. The smallest absolute Gasteiger partial charge is 0.231 e. The fourth-order valence-electron chi connectivity index (χ4n) is 2.14. The molecule has 0 aliphatic heterocycles. The van der Waals surface area contributed by atoms with E-state index >= 15 is 0 Å². The molecule has 0 amide bonds. The molecule has 4 heteroatoms. The van der Waals surface area contributed by atoms with Gasteiger partial charge in [-0.05, 0) is 19.4 Å². The van der Waals surface area contributed by atoms with Gasteiger partial charge in [-0.1, -0.05) is 39.8 Å². The van der Waals surface area contributed by atoms with E-state index in [2.05, 4.69) is 57.0 Å². The van der Waals surface area contributed by atoms with Crippen molar-refractivity contribution in [2.45, 2.75) is 59.4 Å². The van der Waals surface area contributed by atoms with Crippen LogP contribution in [0.25, 0.3) is 0 Å². The van der Waals surface area contributed by atoms with Crippen LogP contribution in [0.1, 0.15) is 65.1 Å². The molecule has 17 heavy (non-hydrogen) atoms. The number of aromatic nitrogens is 2. The van der Waals surface area contributed by atoms with Gasteiger partial charge in [0.15, 0.2) is 5.82 Å². The van der Waals surface area contributed by atoms with Crippen molar-refractivity contribution in [1.82, 2.24) is 15.5 Å². The second kappa shape index (κ2) is 6.15. The molecule has 2 unspecified atom stereocenters. The van der Waals surface area contributed by atoms with E-state index in [0.29, 0.717) is 17.9 Å². The van der Waals surface area contributed by atoms with Crippen molar-refractivity contribution >= 4 is 0 Å². The number of hydrogen-bond acceptors (Lipinski definition) is 4. The molecule has 1 N–H and O–H groups in total. The van der Waals surface area contributed by atoms with Crippen LogP contribution in [0.3, 0.4) is 0 Å². The maximum absolute atomic E-state index is 5.42. The first-order valence-corrected chi connectivity index (χ1v) is 6.54. The Kier molecular flexibility index (Phi) is 5.12. The van der Waals surface area contributed by atoms with Crippen LogP contribution in [0, 0.1) is 5.92 Å². The Hall–Kier alpha value is -0.900. The van der Waals surface area contributed by atoms with Gasteiger partial charge in [0, 0.05) is 12.0 Å². The zero-order chi connectivity index (χ0) is 13.0. The molecule has 1 aromatic heterocycles. The summed E-state index contributed by atoms with van der Waals surface area (Å²) in [5.74, 6) is 2.63. The summed E-state index contributed by atoms with van der Waals surface area (Å²) >= 11 is 0. The van der Waals surface area contributed by atoms with E-state index in [9.17, 15) is 0 Å². The molecular formula is C13H25N3O. The predicted molar refractivity (Wildman–Crippen MR) is 69.1 cm³/mol. The van der Waals surface area contributed by atoms with Gasteiger partial charge < -0.3 is 9.84 Å². The lowest BCUT2D eigenvalue weighted by Crippen LogP contribution is -2.34. The highest BCUT2D eigenvalue weighted by Gasteiger charge is 2.28. The van der Waals surface area contributed by atoms with Gasteiger partial charge in [0.1, 0.15) is 0 Å². The quantitative estimate of drug-likeness (QED) is 0.829. The maximum atomic E-state index is 5.42. The molecule has 1 rings (SSSR count). The molecule has 0 spiro atoms. The summed E-state index contributed by atoms with van der Waals surface area (Å²) in [6, 6.07) is 0.348. The van der Waals surface area contributed by atoms with Gasteiger partial charge in [-0.3, -0.25) is 0 Å². The highest BCUT2D eigenvalue weighted by Crippen LogP contribution is 2.27. The summed E-state index contributed by atoms with van der Waals surface area (Å²) in [4.78, 5) is 4.52. The van der Waals surface area contributed by atoms with E-state index in [1.807, 2.05) is 0 Å². The van der Waals surface area contributed by atoms with Crippen LogP contribution in [0.2, 0.25) is 0 Å². The van der Waals surface area contributed by atoms with Crippen molar-refractivity contribution in [2.75, 3.05) is 6.54 Å². The fourth-order valence-corrected chi connectivity index (χ4v) is 2.14. The Morgan fingerprint density at radius 3 is 2.24 bits per heavy atom. The highest BCUT2D eigenvalue weighted by molar-refractivity contribution is 5.01. The first-order valence-electron chi connectivity index (χ1n) is 6.54. The van der Waals surface area contributed by atoms with E-state index < -0.39 is 0 Å². The van der Waals surface area contributed by atoms with Crippen LogP contribution >= 0.6 is 0 Å². The Labute approximate surface area is 104 Å². The van der Waals surface area contributed by atoms with E-state index in [4.69, 9.17) is 4.52 Å². The maximum Gasteiger partial charge on any atom is 0.231 e. The number of nitrogens with zero attached hydrogens (tertiary/aromatic N) is 2.